The van der Waals surface area contributed by atoms with Gasteiger partial charge in [0.15, 0.2) is 9.84 Å². The highest BCUT2D eigenvalue weighted by molar-refractivity contribution is 7.92. The van der Waals surface area contributed by atoms with E-state index in [1.54, 1.807) is 31.5 Å². The van der Waals surface area contributed by atoms with Crippen LogP contribution in [-0.2, 0) is 20.8 Å². The number of sulfone groups is 1. The summed E-state index contributed by atoms with van der Waals surface area (Å²) >= 11 is 0. The maximum atomic E-state index is 13.1. The van der Waals surface area contributed by atoms with Crippen molar-refractivity contribution in [1.29, 1.82) is 0 Å². The number of hydrogen-bond acceptors (Lipinski definition) is 4. The normalized spacial score (nSPS) is 24.4. The van der Waals surface area contributed by atoms with Crippen LogP contribution >= 0.6 is 0 Å². The average molecular weight is 385 g/mol. The molecular weight excluding hydrogens is 367 g/mol. The summed E-state index contributed by atoms with van der Waals surface area (Å²) in [6.45, 7) is 1.77. The van der Waals surface area contributed by atoms with Gasteiger partial charge in [0.2, 0.25) is 0 Å². The lowest BCUT2D eigenvalue weighted by Gasteiger charge is -2.37. The zero-order valence-corrected chi connectivity index (χ0v) is 14.8. The molecule has 0 saturated carbocycles. The van der Waals surface area contributed by atoms with E-state index in [1.165, 1.54) is 6.07 Å². The van der Waals surface area contributed by atoms with Crippen molar-refractivity contribution in [3.8, 4) is 0 Å². The molecule has 0 spiro atoms. The summed E-state index contributed by atoms with van der Waals surface area (Å²) in [4.78, 5) is 3.69. The second-order valence-corrected chi connectivity index (χ2v) is 9.04. The number of aromatic nitrogens is 1. The van der Waals surface area contributed by atoms with Crippen molar-refractivity contribution in [2.24, 2.45) is 0 Å². The molecule has 2 aromatic rings. The molecular formula is C18H18F3NO3S. The molecule has 0 amide bonds. The van der Waals surface area contributed by atoms with Crippen LogP contribution in [0.25, 0.3) is 0 Å². The van der Waals surface area contributed by atoms with Gasteiger partial charge < -0.3 is 4.74 Å². The Morgan fingerprint density at radius 3 is 2.65 bits per heavy atom. The van der Waals surface area contributed by atoms with Crippen LogP contribution in [0, 0.1) is 0 Å². The fourth-order valence-corrected chi connectivity index (χ4v) is 4.95. The molecule has 0 aliphatic carbocycles. The van der Waals surface area contributed by atoms with E-state index in [0.717, 1.165) is 17.7 Å². The summed E-state index contributed by atoms with van der Waals surface area (Å²) in [7, 11) is -3.99. The summed E-state index contributed by atoms with van der Waals surface area (Å²) < 4.78 is 69.6. The fraction of sp³-hybridized carbons (Fsp3) is 0.389. The molecule has 4 nitrogen and oxygen atoms in total. The number of pyridine rings is 1. The van der Waals surface area contributed by atoms with Gasteiger partial charge in [-0.15, -0.1) is 0 Å². The van der Waals surface area contributed by atoms with Gasteiger partial charge in [0.25, 0.3) is 0 Å². The van der Waals surface area contributed by atoms with E-state index in [0.29, 0.717) is 6.07 Å². The van der Waals surface area contributed by atoms with Crippen LogP contribution in [0.15, 0.2) is 53.7 Å². The molecule has 1 aromatic heterocycles. The predicted molar refractivity (Wildman–Crippen MR) is 89.2 cm³/mol. The second-order valence-electron chi connectivity index (χ2n) is 6.58. The van der Waals surface area contributed by atoms with Gasteiger partial charge in [-0.1, -0.05) is 12.1 Å². The molecule has 2 unspecified atom stereocenters. The van der Waals surface area contributed by atoms with Gasteiger partial charge in [0.1, 0.15) is 0 Å². The summed E-state index contributed by atoms with van der Waals surface area (Å²) in [6, 6.07) is 7.42. The quantitative estimate of drug-likeness (QED) is 0.795. The first-order valence-corrected chi connectivity index (χ1v) is 9.55. The Hall–Kier alpha value is -1.93. The average Bonchev–Trinajstić information content (AvgIpc) is 2.62. The Morgan fingerprint density at radius 2 is 2.00 bits per heavy atom. The highest BCUT2D eigenvalue weighted by Gasteiger charge is 2.45. The molecule has 1 aliphatic heterocycles. The van der Waals surface area contributed by atoms with Gasteiger partial charge in [-0.05, 0) is 49.6 Å². The van der Waals surface area contributed by atoms with E-state index in [4.69, 9.17) is 4.74 Å². The van der Waals surface area contributed by atoms with Crippen LogP contribution in [0.4, 0.5) is 13.2 Å². The fourth-order valence-electron chi connectivity index (χ4n) is 3.12. The largest absolute Gasteiger partial charge is 0.416 e. The molecule has 2 atom stereocenters. The molecule has 2 heterocycles. The van der Waals surface area contributed by atoms with Crippen molar-refractivity contribution in [2.45, 2.75) is 41.7 Å². The Labute approximate surface area is 149 Å². The number of hydrogen-bond donors (Lipinski definition) is 0. The maximum Gasteiger partial charge on any atom is 0.416 e. The summed E-state index contributed by atoms with van der Waals surface area (Å²) in [5.41, 5.74) is -0.226. The van der Waals surface area contributed by atoms with Crippen molar-refractivity contribution in [3.05, 3.63) is 59.9 Å². The van der Waals surface area contributed by atoms with Crippen LogP contribution in [-0.4, -0.2) is 24.8 Å². The van der Waals surface area contributed by atoms with E-state index in [-0.39, 0.29) is 24.3 Å². The third kappa shape index (κ3) is 3.48. The van der Waals surface area contributed by atoms with Crippen LogP contribution in [0.2, 0.25) is 0 Å². The zero-order valence-electron chi connectivity index (χ0n) is 14.0. The molecule has 0 bridgehead atoms. The molecule has 0 radical (unpaired) electrons. The van der Waals surface area contributed by atoms with E-state index in [1.807, 2.05) is 0 Å². The highest BCUT2D eigenvalue weighted by Crippen LogP contribution is 2.42. The maximum absolute atomic E-state index is 13.1. The molecule has 1 aromatic carbocycles. The molecule has 1 saturated heterocycles. The number of nitrogens with zero attached hydrogens (tertiary/aromatic N) is 1. The lowest BCUT2D eigenvalue weighted by molar-refractivity contribution is -0.137. The van der Waals surface area contributed by atoms with Crippen molar-refractivity contribution in [2.75, 3.05) is 6.61 Å². The van der Waals surface area contributed by atoms with Gasteiger partial charge in [-0.25, -0.2) is 8.42 Å². The summed E-state index contributed by atoms with van der Waals surface area (Å²) in [5, 5.41) is 0. The minimum atomic E-state index is -4.60. The van der Waals surface area contributed by atoms with Crippen LogP contribution < -0.4 is 0 Å². The molecule has 8 heteroatoms. The van der Waals surface area contributed by atoms with Crippen molar-refractivity contribution in [3.63, 3.8) is 0 Å². The predicted octanol–water partition coefficient (Wildman–Crippen LogP) is 4.18. The third-order valence-electron chi connectivity index (χ3n) is 4.74. The standard InChI is InChI=1S/C18H18F3NO3S/c1-17(7-9-25-16(11-17)13-4-3-8-22-12-13)26(23,24)15-6-2-5-14(10-15)18(19,20)21/h2-6,8,10,12,16H,7,9,11H2,1H3. The Morgan fingerprint density at radius 1 is 1.23 bits per heavy atom. The van der Waals surface area contributed by atoms with E-state index >= 15 is 0 Å². The summed E-state index contributed by atoms with van der Waals surface area (Å²) in [6.07, 6.45) is -1.50. The number of rotatable bonds is 3. The van der Waals surface area contributed by atoms with Gasteiger partial charge in [-0.3, -0.25) is 4.98 Å². The van der Waals surface area contributed by atoms with Crippen LogP contribution in [0.3, 0.4) is 0 Å². The first kappa shape index (κ1) is 18.8. The molecule has 3 rings (SSSR count). The number of benzene rings is 1. The number of ether oxygens (including phenoxy) is 1. The molecule has 1 aliphatic rings. The highest BCUT2D eigenvalue weighted by atomic mass is 32.2. The lowest BCUT2D eigenvalue weighted by Crippen LogP contribution is -2.42. The molecule has 0 N–H and O–H groups in total. The van der Waals surface area contributed by atoms with Gasteiger partial charge in [0.05, 0.1) is 21.3 Å². The van der Waals surface area contributed by atoms with E-state index < -0.39 is 32.4 Å². The summed E-state index contributed by atoms with van der Waals surface area (Å²) in [5.74, 6) is 0. The van der Waals surface area contributed by atoms with Crippen LogP contribution in [0.1, 0.15) is 37.0 Å². The smallest absolute Gasteiger partial charge is 0.373 e. The number of alkyl halides is 3. The molecule has 140 valence electrons. The van der Waals surface area contributed by atoms with Crippen LogP contribution in [0.5, 0.6) is 0 Å². The second kappa shape index (κ2) is 6.66. The van der Waals surface area contributed by atoms with Gasteiger partial charge in [-0.2, -0.15) is 13.2 Å². The molecule has 1 fully saturated rings. The van der Waals surface area contributed by atoms with Gasteiger partial charge >= 0.3 is 6.18 Å². The van der Waals surface area contributed by atoms with E-state index in [9.17, 15) is 21.6 Å². The Kier molecular flexibility index (Phi) is 4.83. The SMILES string of the molecule is CC1(S(=O)(=O)c2cccc(C(F)(F)F)c2)CCOC(c2cccnc2)C1. The van der Waals surface area contributed by atoms with Gasteiger partial charge in [0, 0.05) is 19.0 Å². The van der Waals surface area contributed by atoms with Crippen molar-refractivity contribution in [1.82, 2.24) is 4.98 Å². The first-order chi connectivity index (χ1) is 12.1. The minimum absolute atomic E-state index is 0.150. The van der Waals surface area contributed by atoms with Crippen molar-refractivity contribution >= 4 is 9.84 Å². The minimum Gasteiger partial charge on any atom is -0.373 e. The lowest BCUT2D eigenvalue weighted by atomic mass is 9.93. The van der Waals surface area contributed by atoms with Crippen molar-refractivity contribution < 1.29 is 26.3 Å². The Balaban J connectivity index is 1.95. The first-order valence-electron chi connectivity index (χ1n) is 8.07. The molecule has 26 heavy (non-hydrogen) atoms. The third-order valence-corrected chi connectivity index (χ3v) is 7.29. The van der Waals surface area contributed by atoms with E-state index in [2.05, 4.69) is 4.98 Å². The number of halogens is 3. The monoisotopic (exact) mass is 385 g/mol. The topological polar surface area (TPSA) is 56.3 Å². The zero-order chi connectivity index (χ0) is 19.0. The Bertz CT molecular complexity index is 884.